The van der Waals surface area contributed by atoms with Crippen molar-refractivity contribution in [2.24, 2.45) is 0 Å². The third-order valence-electron chi connectivity index (χ3n) is 3.88. The van der Waals surface area contributed by atoms with Crippen molar-refractivity contribution in [3.63, 3.8) is 0 Å². The molecule has 0 N–H and O–H groups in total. The van der Waals surface area contributed by atoms with Gasteiger partial charge in [-0.25, -0.2) is 0 Å². The van der Waals surface area contributed by atoms with Gasteiger partial charge in [0, 0.05) is 25.6 Å². The van der Waals surface area contributed by atoms with E-state index in [1.165, 1.54) is 36.5 Å². The molecule has 4 rings (SSSR count). The van der Waals surface area contributed by atoms with Gasteiger partial charge in [0.1, 0.15) is 5.75 Å². The van der Waals surface area contributed by atoms with Crippen LogP contribution in [-0.4, -0.2) is 7.11 Å². The zero-order valence-electron chi connectivity index (χ0n) is 11.4. The third kappa shape index (κ3) is 1.55. The average Bonchev–Trinajstić information content (AvgIpc) is 2.85. The summed E-state index contributed by atoms with van der Waals surface area (Å²) in [6.45, 7) is 2.10. The van der Waals surface area contributed by atoms with Crippen LogP contribution in [0.1, 0.15) is 5.56 Å². The summed E-state index contributed by atoms with van der Waals surface area (Å²) in [5, 5.41) is 5.26. The molecule has 0 saturated carbocycles. The minimum absolute atomic E-state index is 0.956. The van der Waals surface area contributed by atoms with Gasteiger partial charge in [-0.2, -0.15) is 0 Å². The van der Waals surface area contributed by atoms with Gasteiger partial charge in [0.25, 0.3) is 0 Å². The molecule has 0 aliphatic rings. The molecule has 0 bridgehead atoms. The highest BCUT2D eigenvalue weighted by atomic mass is 32.1. The fourth-order valence-corrected chi connectivity index (χ4v) is 4.09. The van der Waals surface area contributed by atoms with E-state index in [1.54, 1.807) is 7.11 Å². The number of methoxy groups -OCH3 is 1. The second-order valence-corrected chi connectivity index (χ2v) is 6.14. The van der Waals surface area contributed by atoms with Crippen molar-refractivity contribution in [2.75, 3.05) is 7.11 Å². The molecule has 0 amide bonds. The van der Waals surface area contributed by atoms with E-state index in [0.29, 0.717) is 0 Å². The molecule has 98 valence electrons. The summed E-state index contributed by atoms with van der Waals surface area (Å²) in [7, 11) is 1.73. The summed E-state index contributed by atoms with van der Waals surface area (Å²) in [4.78, 5) is 0. The van der Waals surface area contributed by atoms with Crippen LogP contribution in [0.2, 0.25) is 0 Å². The van der Waals surface area contributed by atoms with Crippen molar-refractivity contribution >= 4 is 42.3 Å². The van der Waals surface area contributed by atoms with Gasteiger partial charge in [0.05, 0.1) is 7.11 Å². The van der Waals surface area contributed by atoms with E-state index >= 15 is 0 Å². The minimum atomic E-state index is 0.956. The smallest absolute Gasteiger partial charge is 0.122 e. The van der Waals surface area contributed by atoms with Crippen LogP contribution in [0.5, 0.6) is 5.75 Å². The fourth-order valence-electron chi connectivity index (χ4n) is 2.86. The Morgan fingerprint density at radius 3 is 2.60 bits per heavy atom. The lowest BCUT2D eigenvalue weighted by Crippen LogP contribution is -1.87. The number of hydrogen-bond donors (Lipinski definition) is 0. The van der Waals surface area contributed by atoms with Crippen LogP contribution in [-0.2, 0) is 0 Å². The molecule has 0 aliphatic carbocycles. The van der Waals surface area contributed by atoms with E-state index in [0.717, 1.165) is 5.75 Å². The Morgan fingerprint density at radius 2 is 1.75 bits per heavy atom. The molecule has 1 heterocycles. The van der Waals surface area contributed by atoms with E-state index in [9.17, 15) is 0 Å². The Balaban J connectivity index is 2.20. The molecule has 0 radical (unpaired) electrons. The number of benzene rings is 3. The van der Waals surface area contributed by atoms with Gasteiger partial charge in [-0.15, -0.1) is 11.3 Å². The lowest BCUT2D eigenvalue weighted by atomic mass is 10.0. The Kier molecular flexibility index (Phi) is 2.48. The van der Waals surface area contributed by atoms with Crippen LogP contribution < -0.4 is 4.74 Å². The Bertz CT molecular complexity index is 950. The topological polar surface area (TPSA) is 9.23 Å². The summed E-state index contributed by atoms with van der Waals surface area (Å²) in [5.74, 6) is 0.956. The Hall–Kier alpha value is -2.06. The van der Waals surface area contributed by atoms with Crippen LogP contribution in [0.15, 0.2) is 48.5 Å². The molecule has 0 saturated heterocycles. The van der Waals surface area contributed by atoms with Gasteiger partial charge in [0.15, 0.2) is 0 Å². The number of hydrogen-bond acceptors (Lipinski definition) is 2. The average molecular weight is 278 g/mol. The van der Waals surface area contributed by atoms with Crippen molar-refractivity contribution in [1.82, 2.24) is 0 Å². The molecule has 0 aliphatic heterocycles. The van der Waals surface area contributed by atoms with E-state index in [4.69, 9.17) is 4.74 Å². The summed E-state index contributed by atoms with van der Waals surface area (Å²) in [5.41, 5.74) is 1.19. The lowest BCUT2D eigenvalue weighted by molar-refractivity contribution is 0.412. The van der Waals surface area contributed by atoms with Crippen molar-refractivity contribution in [3.05, 3.63) is 54.1 Å². The molecular weight excluding hydrogens is 264 g/mol. The maximum atomic E-state index is 5.43. The number of fused-ring (bicyclic) bond motifs is 5. The number of rotatable bonds is 1. The molecule has 2 heteroatoms. The van der Waals surface area contributed by atoms with Gasteiger partial charge in [0.2, 0.25) is 0 Å². The predicted octanol–water partition coefficient (Wildman–Crippen LogP) is 5.52. The Morgan fingerprint density at radius 1 is 0.900 bits per heavy atom. The number of ether oxygens (including phenoxy) is 1. The summed E-state index contributed by atoms with van der Waals surface area (Å²) in [6, 6.07) is 17.4. The van der Waals surface area contributed by atoms with Gasteiger partial charge in [-0.05, 0) is 36.1 Å². The zero-order valence-corrected chi connectivity index (χ0v) is 12.3. The molecular formula is C18H14OS. The maximum Gasteiger partial charge on any atom is 0.122 e. The maximum absolute atomic E-state index is 5.43. The van der Waals surface area contributed by atoms with Crippen molar-refractivity contribution in [1.29, 1.82) is 0 Å². The molecule has 4 aromatic rings. The molecule has 1 nitrogen and oxygen atoms in total. The van der Waals surface area contributed by atoms with Gasteiger partial charge in [-0.1, -0.05) is 30.3 Å². The van der Waals surface area contributed by atoms with E-state index in [1.807, 2.05) is 11.3 Å². The second kappa shape index (κ2) is 4.22. The van der Waals surface area contributed by atoms with Crippen LogP contribution >= 0.6 is 11.3 Å². The first-order valence-corrected chi connectivity index (χ1v) is 7.48. The summed E-state index contributed by atoms with van der Waals surface area (Å²) >= 11 is 1.87. The SMILES string of the molecule is COc1cc2ccc3c4ccccc4sc3c2cc1C. The van der Waals surface area contributed by atoms with Crippen LogP contribution in [0.25, 0.3) is 30.9 Å². The largest absolute Gasteiger partial charge is 0.496 e. The van der Waals surface area contributed by atoms with Gasteiger partial charge >= 0.3 is 0 Å². The molecule has 0 atom stereocenters. The van der Waals surface area contributed by atoms with E-state index < -0.39 is 0 Å². The molecule has 0 unspecified atom stereocenters. The first-order chi connectivity index (χ1) is 9.78. The zero-order chi connectivity index (χ0) is 13.7. The van der Waals surface area contributed by atoms with Crippen LogP contribution in [0, 0.1) is 6.92 Å². The molecule has 0 spiro atoms. The fraction of sp³-hybridized carbons (Fsp3) is 0.111. The second-order valence-electron chi connectivity index (χ2n) is 5.08. The third-order valence-corrected chi connectivity index (χ3v) is 5.09. The van der Waals surface area contributed by atoms with Crippen LogP contribution in [0.3, 0.4) is 0 Å². The predicted molar refractivity (Wildman–Crippen MR) is 88.1 cm³/mol. The highest BCUT2D eigenvalue weighted by Crippen LogP contribution is 2.39. The standard InChI is InChI=1S/C18H14OS/c1-11-9-15-12(10-16(11)19-2)7-8-14-13-5-3-4-6-17(13)20-18(14)15/h3-10H,1-2H3. The summed E-state index contributed by atoms with van der Waals surface area (Å²) in [6.07, 6.45) is 0. The lowest BCUT2D eigenvalue weighted by Gasteiger charge is -2.07. The van der Waals surface area contributed by atoms with Gasteiger partial charge in [-0.3, -0.25) is 0 Å². The highest BCUT2D eigenvalue weighted by molar-refractivity contribution is 7.26. The molecule has 20 heavy (non-hydrogen) atoms. The first kappa shape index (κ1) is 11.7. The van der Waals surface area contributed by atoms with Crippen molar-refractivity contribution in [3.8, 4) is 5.75 Å². The van der Waals surface area contributed by atoms with Gasteiger partial charge < -0.3 is 4.74 Å². The summed E-state index contributed by atoms with van der Waals surface area (Å²) < 4.78 is 8.15. The molecule has 3 aromatic carbocycles. The molecule has 1 aromatic heterocycles. The van der Waals surface area contributed by atoms with Crippen LogP contribution in [0.4, 0.5) is 0 Å². The van der Waals surface area contributed by atoms with Crippen molar-refractivity contribution < 1.29 is 4.74 Å². The van der Waals surface area contributed by atoms with Crippen molar-refractivity contribution in [2.45, 2.75) is 6.92 Å². The normalized spacial score (nSPS) is 11.5. The minimum Gasteiger partial charge on any atom is -0.496 e. The number of thiophene rings is 1. The highest BCUT2D eigenvalue weighted by Gasteiger charge is 2.09. The van der Waals surface area contributed by atoms with E-state index in [2.05, 4.69) is 55.5 Å². The van der Waals surface area contributed by atoms with E-state index in [-0.39, 0.29) is 0 Å². The quantitative estimate of drug-likeness (QED) is 0.445. The first-order valence-electron chi connectivity index (χ1n) is 6.66. The Labute approximate surface area is 121 Å². The monoisotopic (exact) mass is 278 g/mol. The number of aryl methyl sites for hydroxylation is 1. The molecule has 0 fully saturated rings.